The van der Waals surface area contributed by atoms with E-state index in [1.54, 1.807) is 0 Å². The molecule has 0 amide bonds. The summed E-state index contributed by atoms with van der Waals surface area (Å²) in [6.07, 6.45) is 3.32. The molecule has 0 saturated heterocycles. The molecule has 0 aliphatic heterocycles. The van der Waals surface area contributed by atoms with Gasteiger partial charge in [-0.15, -0.1) is 0 Å². The fourth-order valence-corrected chi connectivity index (χ4v) is 3.33. The predicted molar refractivity (Wildman–Crippen MR) is 78.9 cm³/mol. The van der Waals surface area contributed by atoms with Crippen molar-refractivity contribution < 1.29 is 9.90 Å². The van der Waals surface area contributed by atoms with Gasteiger partial charge in [0.1, 0.15) is 0 Å². The molecule has 3 nitrogen and oxygen atoms in total. The van der Waals surface area contributed by atoms with E-state index in [4.69, 9.17) is 10.8 Å². The van der Waals surface area contributed by atoms with Gasteiger partial charge in [0.15, 0.2) is 0 Å². The number of nitrogens with two attached hydrogens (primary N) is 1. The second-order valence-electron chi connectivity index (χ2n) is 5.48. The fourth-order valence-electron chi connectivity index (χ4n) is 2.95. The molecule has 1 aromatic carbocycles. The Kier molecular flexibility index (Phi) is 4.63. The van der Waals surface area contributed by atoms with Crippen molar-refractivity contribution in [3.63, 3.8) is 0 Å². The number of carbonyl (C=O) groups is 1. The van der Waals surface area contributed by atoms with E-state index in [1.807, 2.05) is 6.07 Å². The van der Waals surface area contributed by atoms with Gasteiger partial charge < -0.3 is 10.8 Å². The van der Waals surface area contributed by atoms with Crippen molar-refractivity contribution in [2.75, 3.05) is 0 Å². The van der Waals surface area contributed by atoms with Gasteiger partial charge in [-0.2, -0.15) is 0 Å². The molecule has 0 radical (unpaired) electrons. The smallest absolute Gasteiger partial charge is 0.306 e. The van der Waals surface area contributed by atoms with Crippen molar-refractivity contribution >= 4 is 21.9 Å². The van der Waals surface area contributed by atoms with Crippen LogP contribution < -0.4 is 5.73 Å². The zero-order valence-corrected chi connectivity index (χ0v) is 12.7. The summed E-state index contributed by atoms with van der Waals surface area (Å²) in [5.41, 5.74) is 8.77. The summed E-state index contributed by atoms with van der Waals surface area (Å²) >= 11 is 3.48. The number of rotatable bonds is 3. The van der Waals surface area contributed by atoms with E-state index in [9.17, 15) is 4.79 Å². The highest BCUT2D eigenvalue weighted by atomic mass is 79.9. The maximum absolute atomic E-state index is 11.0. The van der Waals surface area contributed by atoms with Crippen LogP contribution in [0, 0.1) is 18.8 Å². The Balaban J connectivity index is 2.07. The Morgan fingerprint density at radius 3 is 2.58 bits per heavy atom. The Morgan fingerprint density at radius 2 is 2.00 bits per heavy atom. The van der Waals surface area contributed by atoms with Gasteiger partial charge in [-0.25, -0.2) is 0 Å². The summed E-state index contributed by atoms with van der Waals surface area (Å²) in [4.78, 5) is 11.0. The number of carboxylic acids is 1. The van der Waals surface area contributed by atoms with Crippen molar-refractivity contribution in [3.8, 4) is 0 Å². The number of halogens is 1. The molecular weight excluding hydrogens is 306 g/mol. The first kappa shape index (κ1) is 14.5. The van der Waals surface area contributed by atoms with E-state index < -0.39 is 5.97 Å². The van der Waals surface area contributed by atoms with E-state index in [0.717, 1.165) is 30.2 Å². The van der Waals surface area contributed by atoms with Crippen molar-refractivity contribution in [2.45, 2.75) is 38.6 Å². The number of benzene rings is 1. The molecular formula is C15H20BrNO2. The van der Waals surface area contributed by atoms with Gasteiger partial charge in [0, 0.05) is 10.5 Å². The first-order chi connectivity index (χ1) is 8.99. The van der Waals surface area contributed by atoms with E-state index in [2.05, 4.69) is 35.0 Å². The van der Waals surface area contributed by atoms with Gasteiger partial charge in [-0.05, 0) is 61.8 Å². The van der Waals surface area contributed by atoms with E-state index >= 15 is 0 Å². The van der Waals surface area contributed by atoms with Crippen molar-refractivity contribution in [1.82, 2.24) is 0 Å². The molecule has 0 bridgehead atoms. The Bertz CT molecular complexity index is 467. The maximum Gasteiger partial charge on any atom is 0.306 e. The van der Waals surface area contributed by atoms with Crippen LogP contribution in [0.25, 0.3) is 0 Å². The molecule has 1 unspecified atom stereocenters. The Labute approximate surface area is 122 Å². The van der Waals surface area contributed by atoms with Gasteiger partial charge in [0.05, 0.1) is 5.92 Å². The van der Waals surface area contributed by atoms with Crippen LogP contribution in [-0.2, 0) is 4.79 Å². The van der Waals surface area contributed by atoms with Crippen molar-refractivity contribution in [3.05, 3.63) is 33.8 Å². The average Bonchev–Trinajstić information content (AvgIpc) is 2.41. The van der Waals surface area contributed by atoms with E-state index in [0.29, 0.717) is 5.92 Å². The van der Waals surface area contributed by atoms with E-state index in [-0.39, 0.29) is 12.0 Å². The summed E-state index contributed by atoms with van der Waals surface area (Å²) in [5, 5.41) is 9.02. The zero-order chi connectivity index (χ0) is 14.0. The summed E-state index contributed by atoms with van der Waals surface area (Å²) < 4.78 is 1.04. The fraction of sp³-hybridized carbons (Fsp3) is 0.533. The minimum absolute atomic E-state index is 0.00671. The summed E-state index contributed by atoms with van der Waals surface area (Å²) in [6.45, 7) is 2.07. The first-order valence-corrected chi connectivity index (χ1v) is 7.52. The van der Waals surface area contributed by atoms with Crippen LogP contribution in [0.4, 0.5) is 0 Å². The zero-order valence-electron chi connectivity index (χ0n) is 11.1. The Hall–Kier alpha value is -0.870. The number of hydrogen-bond acceptors (Lipinski definition) is 2. The molecule has 19 heavy (non-hydrogen) atoms. The summed E-state index contributed by atoms with van der Waals surface area (Å²) in [6, 6.07) is 6.19. The molecule has 0 heterocycles. The lowest BCUT2D eigenvalue weighted by atomic mass is 9.76. The third kappa shape index (κ3) is 3.37. The van der Waals surface area contributed by atoms with Crippen LogP contribution in [0.1, 0.15) is 42.9 Å². The standard InChI is InChI=1S/C15H20BrNO2/c1-9-2-7-12(16)8-13(9)14(17)10-3-5-11(6-4-10)15(18)19/h2,7-8,10-11,14H,3-6,17H2,1H3,(H,18,19). The van der Waals surface area contributed by atoms with Crippen molar-refractivity contribution in [2.24, 2.45) is 17.6 Å². The first-order valence-electron chi connectivity index (χ1n) is 6.73. The second kappa shape index (κ2) is 6.06. The van der Waals surface area contributed by atoms with Gasteiger partial charge >= 0.3 is 5.97 Å². The average molecular weight is 326 g/mol. The lowest BCUT2D eigenvalue weighted by Crippen LogP contribution is -2.29. The highest BCUT2D eigenvalue weighted by Crippen LogP contribution is 2.37. The molecule has 1 aliphatic carbocycles. The van der Waals surface area contributed by atoms with Gasteiger partial charge in [0.25, 0.3) is 0 Å². The minimum atomic E-state index is -0.661. The molecule has 3 N–H and O–H groups in total. The highest BCUT2D eigenvalue weighted by molar-refractivity contribution is 9.10. The number of carboxylic acid groups (broad SMARTS) is 1. The number of hydrogen-bond donors (Lipinski definition) is 2. The number of aryl methyl sites for hydroxylation is 1. The SMILES string of the molecule is Cc1ccc(Br)cc1C(N)C1CCC(C(=O)O)CC1. The molecule has 104 valence electrons. The third-order valence-corrected chi connectivity index (χ3v) is 4.72. The van der Waals surface area contributed by atoms with Crippen LogP contribution in [0.2, 0.25) is 0 Å². The largest absolute Gasteiger partial charge is 0.481 e. The van der Waals surface area contributed by atoms with Gasteiger partial charge in [0.2, 0.25) is 0 Å². The van der Waals surface area contributed by atoms with Gasteiger partial charge in [-0.3, -0.25) is 4.79 Å². The maximum atomic E-state index is 11.0. The quantitative estimate of drug-likeness (QED) is 0.891. The second-order valence-corrected chi connectivity index (χ2v) is 6.39. The third-order valence-electron chi connectivity index (χ3n) is 4.23. The topological polar surface area (TPSA) is 63.3 Å². The van der Waals surface area contributed by atoms with E-state index in [1.165, 1.54) is 11.1 Å². The summed E-state index contributed by atoms with van der Waals surface area (Å²) in [5.74, 6) is -0.443. The number of aliphatic carboxylic acids is 1. The van der Waals surface area contributed by atoms with Crippen LogP contribution in [0.3, 0.4) is 0 Å². The van der Waals surface area contributed by atoms with Gasteiger partial charge in [-0.1, -0.05) is 22.0 Å². The summed E-state index contributed by atoms with van der Waals surface area (Å²) in [7, 11) is 0. The van der Waals surface area contributed by atoms with Crippen LogP contribution in [0.5, 0.6) is 0 Å². The molecule has 4 heteroatoms. The molecule has 1 aromatic rings. The lowest BCUT2D eigenvalue weighted by Gasteiger charge is -2.31. The molecule has 1 aliphatic rings. The van der Waals surface area contributed by atoms with Crippen LogP contribution in [0.15, 0.2) is 22.7 Å². The monoisotopic (exact) mass is 325 g/mol. The molecule has 1 saturated carbocycles. The minimum Gasteiger partial charge on any atom is -0.481 e. The Morgan fingerprint density at radius 1 is 1.37 bits per heavy atom. The molecule has 0 aromatic heterocycles. The van der Waals surface area contributed by atoms with Crippen LogP contribution >= 0.6 is 15.9 Å². The normalized spacial score (nSPS) is 25.0. The highest BCUT2D eigenvalue weighted by Gasteiger charge is 2.30. The lowest BCUT2D eigenvalue weighted by molar-refractivity contribution is -0.143. The molecule has 2 rings (SSSR count). The van der Waals surface area contributed by atoms with Crippen LogP contribution in [-0.4, -0.2) is 11.1 Å². The molecule has 0 spiro atoms. The predicted octanol–water partition coefficient (Wildman–Crippen LogP) is 3.65. The van der Waals surface area contributed by atoms with Crippen molar-refractivity contribution in [1.29, 1.82) is 0 Å². The molecule has 1 fully saturated rings. The molecule has 1 atom stereocenters.